The maximum Gasteiger partial charge on any atom is 3.00 e. The zero-order valence-electron chi connectivity index (χ0n) is 77.5. The fraction of sp³-hybridized carbons (Fsp3) is 0.172. The fourth-order valence-electron chi connectivity index (χ4n) is 12.5. The van der Waals surface area contributed by atoms with E-state index in [1.807, 2.05) is 289 Å². The number of aryl methyl sites for hydroxylation is 2. The van der Waals surface area contributed by atoms with Gasteiger partial charge in [-0.3, -0.25) is 19.9 Å². The number of rotatable bonds is 8. The average molecular weight is 2000 g/mol. The van der Waals surface area contributed by atoms with Gasteiger partial charge in [0, 0.05) is 47.6 Å². The second kappa shape index (κ2) is 58.3. The number of hydrogen-bond donors (Lipinski definition) is 0. The van der Waals surface area contributed by atoms with Crippen LogP contribution < -0.4 is 9.97 Å². The van der Waals surface area contributed by atoms with Gasteiger partial charge in [0.25, 0.3) is 0 Å². The number of aromatic nitrogens is 6. The molecule has 0 fully saturated rings. The first kappa shape index (κ1) is 113. The minimum atomic E-state index is -4.40. The first-order valence-electron chi connectivity index (χ1n) is 42.5. The van der Waals surface area contributed by atoms with Gasteiger partial charge in [-0.2, -0.15) is 237 Å². The van der Waals surface area contributed by atoms with Gasteiger partial charge in [-0.25, -0.2) is 22.3 Å². The van der Waals surface area contributed by atoms with Gasteiger partial charge in [0.05, 0.1) is 11.1 Å². The van der Waals surface area contributed by atoms with Crippen molar-refractivity contribution in [2.45, 2.75) is 134 Å². The topological polar surface area (TPSA) is 79.8 Å². The number of hydrogen-bond acceptors (Lipinski definition) is 4. The molecule has 0 aliphatic heterocycles. The molecule has 134 heavy (non-hydrogen) atoms. The monoisotopic (exact) mass is 2000 g/mol. The van der Waals surface area contributed by atoms with E-state index in [0.29, 0.717) is 22.5 Å². The molecule has 2 radical (unpaired) electrons. The first-order valence-corrected chi connectivity index (χ1v) is 45.2. The van der Waals surface area contributed by atoms with Crippen LogP contribution in [0.15, 0.2) is 328 Å². The maximum absolute atomic E-state index is 12.8. The van der Waals surface area contributed by atoms with E-state index in [9.17, 15) is 26.3 Å². The number of alkyl halides is 6. The van der Waals surface area contributed by atoms with Crippen LogP contribution in [0.3, 0.4) is 0 Å². The zero-order valence-corrected chi connectivity index (χ0v) is 82.9. The van der Waals surface area contributed by atoms with Crippen molar-refractivity contribution in [1.29, 1.82) is 0 Å². The summed E-state index contributed by atoms with van der Waals surface area (Å²) in [5.74, 6) is 0. The van der Waals surface area contributed by atoms with Crippen molar-refractivity contribution in [2.75, 3.05) is 0 Å². The van der Waals surface area contributed by atoms with E-state index in [1.54, 1.807) is 12.4 Å². The normalized spacial score (nSPS) is 10.5. The number of para-hydroxylation sites is 4. The fourth-order valence-corrected chi connectivity index (χ4v) is 12.5. The summed E-state index contributed by atoms with van der Waals surface area (Å²) in [5.41, 5.74) is 20.7. The van der Waals surface area contributed by atoms with Crippen molar-refractivity contribution in [3.63, 3.8) is 0 Å². The second-order valence-electron chi connectivity index (χ2n) is 31.9. The van der Waals surface area contributed by atoms with Gasteiger partial charge >= 0.3 is 94.9 Å². The van der Waals surface area contributed by atoms with E-state index in [0.717, 1.165) is 136 Å². The third-order valence-corrected chi connectivity index (χ3v) is 18.9. The number of nitrogens with zero attached hydrogens (tertiary/aromatic N) is 6. The number of benzene rings is 12. The second-order valence-corrected chi connectivity index (χ2v) is 31.9. The summed E-state index contributed by atoms with van der Waals surface area (Å²) in [5, 5.41) is 4.99. The first-order chi connectivity index (χ1) is 63.5. The Labute approximate surface area is 834 Å². The molecule has 18 aromatic rings. The summed E-state index contributed by atoms with van der Waals surface area (Å²) in [4.78, 5) is 25.8. The smallest absolute Gasteiger partial charge is 0.657 e. The van der Waals surface area contributed by atoms with Gasteiger partial charge < -0.3 is 35.7 Å². The summed E-state index contributed by atoms with van der Waals surface area (Å²) >= 11 is 6.69. The minimum absolute atomic E-state index is 0. The zero-order chi connectivity index (χ0) is 96.2. The van der Waals surface area contributed by atoms with Gasteiger partial charge in [0.2, 0.25) is 0 Å². The Morgan fingerprint density at radius 2 is 0.545 bits per heavy atom. The van der Waals surface area contributed by atoms with Gasteiger partial charge in [0.1, 0.15) is 0 Å². The van der Waals surface area contributed by atoms with Gasteiger partial charge in [-0.05, 0) is 44.5 Å². The summed E-state index contributed by atoms with van der Waals surface area (Å²) in [7, 11) is 8.53. The Kier molecular flexibility index (Phi) is 49.4. The molecule has 0 N–H and O–H groups in total. The molecule has 704 valence electrons. The Morgan fingerprint density at radius 1 is 0.276 bits per heavy atom. The predicted octanol–water partition coefficient (Wildman–Crippen LogP) is 33.5. The summed E-state index contributed by atoms with van der Waals surface area (Å²) in [6, 6.07) is 124. The van der Waals surface area contributed by atoms with Crippen molar-refractivity contribution >= 4 is 64.0 Å². The van der Waals surface area contributed by atoms with Crippen LogP contribution in [0.1, 0.15) is 130 Å². The van der Waals surface area contributed by atoms with E-state index in [-0.39, 0.29) is 43.8 Å². The molecular weight excluding hydrogens is 1900 g/mol. The summed E-state index contributed by atoms with van der Waals surface area (Å²) in [6.07, 6.45) is 4.53. The minimum Gasteiger partial charge on any atom is -0.657 e. The van der Waals surface area contributed by atoms with E-state index >= 15 is 0 Å². The molecule has 0 aliphatic carbocycles. The molecule has 0 spiro atoms. The number of fused-ring (bicyclic) bond motifs is 6. The van der Waals surface area contributed by atoms with Crippen LogP contribution in [0.25, 0.3) is 133 Å². The molecular formula is C116H106Cl2F6N6Ni4-8. The number of pyridine rings is 4. The SMILES string of the molecule is C[CH-]C.C[CH-]C.C[CH-]C.C[CH-]C.Cc1c[c-]c(-c2[c-]c(-c3ccc(C(F)(F)F)cn3)cc(C(C)(C)C)c2)cc1.Cc1c[c-]c(-c2[c-]c(-c3ccc(C(F)(F)F)cn3)cc(C(C)(C)C)c2)cc1.[Cl][Ni].[Cl][Ni].[Ni+3].[Ni+3].[c-]1ccccc1-c1[c-]c(-c2ccccn2)ccc1.[c-]1ccccc1-c1[c-]c(-c2ccccn2)ccc1.c1ccc2c(c1)[n-]c1ccccc12.c1ccc2c(c1)[n-]c1ccccc12. The third kappa shape index (κ3) is 35.7. The van der Waals surface area contributed by atoms with Crippen LogP contribution in [-0.4, -0.2) is 19.9 Å². The molecule has 0 atom stereocenters. The molecule has 6 nitrogen and oxygen atoms in total. The van der Waals surface area contributed by atoms with Crippen molar-refractivity contribution < 1.29 is 88.5 Å². The quantitative estimate of drug-likeness (QED) is 0.0857. The molecule has 0 aliphatic rings. The summed E-state index contributed by atoms with van der Waals surface area (Å²) in [6.45, 7) is 32.5. The van der Waals surface area contributed by atoms with Crippen LogP contribution in [0, 0.1) is 88.1 Å². The standard InChI is InChI=1S/2C23H20F3N.2C17H11N.2C12H8N.4C3H7.2ClH.4Ni/c2*1-15-5-7-16(8-6-15)17-11-18(13-20(12-17)22(2,3)4)21-10-9-19(14-27-21)23(24,25)26;2*1-2-7-14(8-3-1)15-9-6-10-16(13-15)17-11-4-5-12-18-17;2*1-3-7-11-9(5-1)10-6-2-4-8-12(10)13-11;4*1-3-2;;;;;;/h2*5-7,9-10,12-14H,1-4H3;2*1-7,9-12H;2*1-8H;4*3H,1-2H3;2*1H;;;;/q4*-2;6*-1;;;2*+1;2*+3/p-2. The molecule has 6 heterocycles. The van der Waals surface area contributed by atoms with Crippen molar-refractivity contribution in [3.8, 4) is 89.5 Å². The number of halogens is 8. The van der Waals surface area contributed by atoms with Crippen LogP contribution in [0.5, 0.6) is 0 Å². The molecule has 6 aromatic heterocycles. The van der Waals surface area contributed by atoms with Gasteiger partial charge in [-0.15, -0.1) is 127 Å². The van der Waals surface area contributed by atoms with Crippen molar-refractivity contribution in [3.05, 3.63) is 436 Å². The van der Waals surface area contributed by atoms with Crippen molar-refractivity contribution in [1.82, 2.24) is 29.9 Å². The van der Waals surface area contributed by atoms with E-state index in [4.69, 9.17) is 0 Å². The molecule has 12 aromatic carbocycles. The van der Waals surface area contributed by atoms with Crippen molar-refractivity contribution in [2.24, 2.45) is 0 Å². The molecule has 0 saturated carbocycles. The van der Waals surface area contributed by atoms with Gasteiger partial charge in [0.15, 0.2) is 0 Å². The van der Waals surface area contributed by atoms with Crippen LogP contribution in [0.2, 0.25) is 0 Å². The third-order valence-electron chi connectivity index (χ3n) is 18.9. The molecule has 18 heteroatoms. The van der Waals surface area contributed by atoms with E-state index < -0.39 is 23.5 Å². The average Bonchev–Trinajstić information content (AvgIpc) is 1.74. The van der Waals surface area contributed by atoms with Crippen LogP contribution in [0.4, 0.5) is 26.3 Å². The Hall–Kier alpha value is -11.0. The Morgan fingerprint density at radius 3 is 0.806 bits per heavy atom. The predicted molar refractivity (Wildman–Crippen MR) is 532 cm³/mol. The van der Waals surface area contributed by atoms with Gasteiger partial charge in [-0.1, -0.05) is 201 Å². The Balaban J connectivity index is 0.000000279. The maximum atomic E-state index is 12.8. The largest absolute Gasteiger partial charge is 3.00 e. The molecule has 0 bridgehead atoms. The molecule has 18 rings (SSSR count). The van der Waals surface area contributed by atoms with E-state index in [2.05, 4.69) is 254 Å². The molecule has 0 amide bonds. The molecule has 0 saturated heterocycles. The van der Waals surface area contributed by atoms with Crippen LogP contribution >= 0.6 is 20.4 Å². The van der Waals surface area contributed by atoms with E-state index in [1.165, 1.54) is 33.7 Å². The Bertz CT molecular complexity index is 5750. The van der Waals surface area contributed by atoms with Crippen LogP contribution in [-0.2, 0) is 85.3 Å². The summed E-state index contributed by atoms with van der Waals surface area (Å²) < 4.78 is 76.9. The molecule has 0 unspecified atom stereocenters.